The van der Waals surface area contributed by atoms with Crippen molar-refractivity contribution in [3.8, 4) is 0 Å². The lowest BCUT2D eigenvalue weighted by Gasteiger charge is -2.26. The molecule has 0 unspecified atom stereocenters. The quantitative estimate of drug-likeness (QED) is 0.499. The molecule has 0 aromatic heterocycles. The van der Waals surface area contributed by atoms with Crippen molar-refractivity contribution in [1.29, 1.82) is 0 Å². The third kappa shape index (κ3) is 6.20. The van der Waals surface area contributed by atoms with Crippen LogP contribution in [0.3, 0.4) is 0 Å². The van der Waals surface area contributed by atoms with Crippen molar-refractivity contribution < 1.29 is 14.5 Å². The summed E-state index contributed by atoms with van der Waals surface area (Å²) in [7, 11) is 4.07. The number of carbonyl (C=O) groups excluding carboxylic acids is 2. The van der Waals surface area contributed by atoms with Gasteiger partial charge in [0.2, 0.25) is 0 Å². The molecular weight excluding hydrogens is 364 g/mol. The molecule has 29 heavy (non-hydrogen) atoms. The minimum atomic E-state index is -0.497. The number of hydrogen-bond donors (Lipinski definition) is 3. The fourth-order valence-corrected chi connectivity index (χ4v) is 4.63. The summed E-state index contributed by atoms with van der Waals surface area (Å²) in [5.74, 6) is -0.974. The fourth-order valence-electron chi connectivity index (χ4n) is 4.63. The Morgan fingerprint density at radius 2 is 1.59 bits per heavy atom. The summed E-state index contributed by atoms with van der Waals surface area (Å²) < 4.78 is 0. The summed E-state index contributed by atoms with van der Waals surface area (Å²) in [6.07, 6.45) is 9.13. The summed E-state index contributed by atoms with van der Waals surface area (Å²) in [5, 5.41) is 5.87. The molecule has 1 aliphatic carbocycles. The Kier molecular flexibility index (Phi) is 7.92. The van der Waals surface area contributed by atoms with Crippen molar-refractivity contribution >= 4 is 17.5 Å². The fraction of sp³-hybridized carbons (Fsp3) is 0.652. The monoisotopic (exact) mass is 401 g/mol. The maximum absolute atomic E-state index is 12.5. The highest BCUT2D eigenvalue weighted by Gasteiger charge is 2.29. The number of quaternary nitrogens is 1. The molecule has 3 rings (SSSR count). The second-order valence-corrected chi connectivity index (χ2v) is 8.78. The lowest BCUT2D eigenvalue weighted by atomic mass is 10.0. The van der Waals surface area contributed by atoms with Crippen LogP contribution in [0.5, 0.6) is 0 Å². The molecule has 2 fully saturated rings. The van der Waals surface area contributed by atoms with Crippen molar-refractivity contribution in [1.82, 2.24) is 10.6 Å². The van der Waals surface area contributed by atoms with Crippen LogP contribution in [0.2, 0.25) is 0 Å². The van der Waals surface area contributed by atoms with Crippen molar-refractivity contribution in [3.05, 3.63) is 29.8 Å². The minimum absolute atomic E-state index is 0.148. The van der Waals surface area contributed by atoms with Gasteiger partial charge in [-0.2, -0.15) is 0 Å². The number of benzene rings is 1. The second-order valence-electron chi connectivity index (χ2n) is 8.78. The molecule has 6 nitrogen and oxygen atoms in total. The van der Waals surface area contributed by atoms with E-state index in [-0.39, 0.29) is 12.1 Å². The highest BCUT2D eigenvalue weighted by atomic mass is 16.2. The Morgan fingerprint density at radius 1 is 0.966 bits per heavy atom. The smallest absolute Gasteiger partial charge is 0.309 e. The van der Waals surface area contributed by atoms with E-state index >= 15 is 0 Å². The molecule has 1 aromatic carbocycles. The van der Waals surface area contributed by atoms with Gasteiger partial charge in [0, 0.05) is 44.2 Å². The van der Waals surface area contributed by atoms with Gasteiger partial charge in [0.05, 0.1) is 19.6 Å². The van der Waals surface area contributed by atoms with E-state index in [1.165, 1.54) is 36.1 Å². The topological polar surface area (TPSA) is 65.9 Å². The maximum atomic E-state index is 12.5. The van der Waals surface area contributed by atoms with Gasteiger partial charge >= 0.3 is 11.8 Å². The summed E-state index contributed by atoms with van der Waals surface area (Å²) in [6.45, 7) is 2.72. The predicted octanol–water partition coefficient (Wildman–Crippen LogP) is 1.43. The highest BCUT2D eigenvalue weighted by molar-refractivity contribution is 6.35. The van der Waals surface area contributed by atoms with Gasteiger partial charge in [-0.1, -0.05) is 37.8 Å². The number of hydrogen-bond acceptors (Lipinski definition) is 3. The Balaban J connectivity index is 1.58. The summed E-state index contributed by atoms with van der Waals surface area (Å²) >= 11 is 0. The molecule has 2 amide bonds. The average Bonchev–Trinajstić information content (AvgIpc) is 3.13. The molecule has 0 bridgehead atoms. The molecule has 1 heterocycles. The van der Waals surface area contributed by atoms with E-state index < -0.39 is 11.8 Å². The number of likely N-dealkylation sites (tertiary alicyclic amines) is 1. The number of amides is 2. The van der Waals surface area contributed by atoms with Gasteiger partial charge in [-0.05, 0) is 25.0 Å². The Labute approximate surface area is 175 Å². The number of anilines is 1. The van der Waals surface area contributed by atoms with Crippen molar-refractivity contribution in [3.63, 3.8) is 0 Å². The first kappa shape index (κ1) is 21.6. The van der Waals surface area contributed by atoms with E-state index in [2.05, 4.69) is 39.8 Å². The van der Waals surface area contributed by atoms with Crippen LogP contribution in [0, 0.1) is 0 Å². The first-order valence-electron chi connectivity index (χ1n) is 11.2. The van der Waals surface area contributed by atoms with Gasteiger partial charge < -0.3 is 20.4 Å². The molecule has 6 heteroatoms. The lowest BCUT2D eigenvalue weighted by molar-refractivity contribution is -0.918. The molecule has 1 atom stereocenters. The molecule has 160 valence electrons. The predicted molar refractivity (Wildman–Crippen MR) is 116 cm³/mol. The van der Waals surface area contributed by atoms with Gasteiger partial charge in [0.1, 0.15) is 6.04 Å². The van der Waals surface area contributed by atoms with Crippen LogP contribution in [-0.2, 0) is 9.59 Å². The Morgan fingerprint density at radius 3 is 2.17 bits per heavy atom. The standard InChI is InChI=1S/C23H36N4O2/c1-26(2)20-13-11-18(12-14-20)21(27-15-7-8-16-27)17-24-22(28)23(29)25-19-9-5-3-4-6-10-19/h11-14,19,21H,3-10,15-17H2,1-2H3,(H,24,28)(H,25,29)/p+1/t21-/m0/s1. The van der Waals surface area contributed by atoms with Gasteiger partial charge in [-0.3, -0.25) is 9.59 Å². The first-order chi connectivity index (χ1) is 14.0. The third-order valence-electron chi connectivity index (χ3n) is 6.41. The van der Waals surface area contributed by atoms with Gasteiger partial charge in [0.25, 0.3) is 0 Å². The zero-order valence-corrected chi connectivity index (χ0v) is 18.0. The van der Waals surface area contributed by atoms with E-state index in [0.717, 1.165) is 44.5 Å². The maximum Gasteiger partial charge on any atom is 0.309 e. The molecular formula is C23H37N4O2+. The third-order valence-corrected chi connectivity index (χ3v) is 6.41. The van der Waals surface area contributed by atoms with E-state index in [1.54, 1.807) is 0 Å². The van der Waals surface area contributed by atoms with Crippen LogP contribution in [0.25, 0.3) is 0 Å². The largest absolute Gasteiger partial charge is 0.378 e. The summed E-state index contributed by atoms with van der Waals surface area (Å²) in [5.41, 5.74) is 2.38. The van der Waals surface area contributed by atoms with E-state index in [4.69, 9.17) is 0 Å². The van der Waals surface area contributed by atoms with E-state index in [0.29, 0.717) is 6.54 Å². The zero-order valence-electron chi connectivity index (χ0n) is 18.0. The van der Waals surface area contributed by atoms with Crippen LogP contribution < -0.4 is 20.4 Å². The normalized spacial score (nSPS) is 19.4. The molecule has 0 spiro atoms. The Bertz CT molecular complexity index is 660. The molecule has 1 aliphatic heterocycles. The molecule has 1 saturated carbocycles. The number of rotatable bonds is 6. The van der Waals surface area contributed by atoms with Crippen LogP contribution >= 0.6 is 0 Å². The number of carbonyl (C=O) groups is 2. The highest BCUT2D eigenvalue weighted by Crippen LogP contribution is 2.18. The molecule has 1 aromatic rings. The first-order valence-corrected chi connectivity index (χ1v) is 11.2. The molecule has 1 saturated heterocycles. The lowest BCUT2D eigenvalue weighted by Crippen LogP contribution is -3.11. The van der Waals surface area contributed by atoms with Gasteiger partial charge in [0.15, 0.2) is 0 Å². The molecule has 0 radical (unpaired) electrons. The van der Waals surface area contributed by atoms with Crippen LogP contribution in [-0.4, -0.2) is 51.6 Å². The second kappa shape index (κ2) is 10.6. The van der Waals surface area contributed by atoms with Crippen LogP contribution in [0.15, 0.2) is 24.3 Å². The van der Waals surface area contributed by atoms with Crippen molar-refractivity contribution in [2.45, 2.75) is 63.5 Å². The van der Waals surface area contributed by atoms with E-state index in [1.807, 2.05) is 14.1 Å². The molecule has 2 aliphatic rings. The van der Waals surface area contributed by atoms with Crippen LogP contribution in [0.1, 0.15) is 63.0 Å². The molecule has 3 N–H and O–H groups in total. The van der Waals surface area contributed by atoms with Crippen molar-refractivity contribution in [2.75, 3.05) is 38.6 Å². The minimum Gasteiger partial charge on any atom is -0.378 e. The average molecular weight is 402 g/mol. The van der Waals surface area contributed by atoms with Crippen LogP contribution in [0.4, 0.5) is 5.69 Å². The zero-order chi connectivity index (χ0) is 20.6. The van der Waals surface area contributed by atoms with Gasteiger partial charge in [-0.25, -0.2) is 0 Å². The summed E-state index contributed by atoms with van der Waals surface area (Å²) in [6, 6.07) is 8.89. The summed E-state index contributed by atoms with van der Waals surface area (Å²) in [4.78, 5) is 28.4. The van der Waals surface area contributed by atoms with Crippen molar-refractivity contribution in [2.24, 2.45) is 0 Å². The number of nitrogens with zero attached hydrogens (tertiary/aromatic N) is 1. The Hall–Kier alpha value is -2.08. The van der Waals surface area contributed by atoms with E-state index in [9.17, 15) is 9.59 Å². The number of nitrogens with one attached hydrogen (secondary N) is 3. The van der Waals surface area contributed by atoms with Gasteiger partial charge in [-0.15, -0.1) is 0 Å². The SMILES string of the molecule is CN(C)c1ccc([C@H](CNC(=O)C(=O)NC2CCCCCC2)[NH+]2CCCC2)cc1.